The van der Waals surface area contributed by atoms with Crippen LogP contribution in [0.2, 0.25) is 10.0 Å². The summed E-state index contributed by atoms with van der Waals surface area (Å²) in [6, 6.07) is 10.5. The molecule has 0 aromatic heterocycles. The second-order valence-electron chi connectivity index (χ2n) is 5.74. The van der Waals surface area contributed by atoms with Gasteiger partial charge in [0, 0.05) is 22.3 Å². The number of halogens is 3. The quantitative estimate of drug-likeness (QED) is 0.753. The van der Waals surface area contributed by atoms with Crippen molar-refractivity contribution in [3.05, 3.63) is 63.9 Å². The maximum absolute atomic E-state index is 12.8. The van der Waals surface area contributed by atoms with E-state index in [-0.39, 0.29) is 37.3 Å². The number of carbonyl (C=O) groups is 2. The monoisotopic (exact) mass is 397 g/mol. The van der Waals surface area contributed by atoms with Crippen molar-refractivity contribution in [1.82, 2.24) is 10.2 Å². The maximum atomic E-state index is 12.8. The van der Waals surface area contributed by atoms with E-state index in [4.69, 9.17) is 23.2 Å². The van der Waals surface area contributed by atoms with Gasteiger partial charge in [-0.3, -0.25) is 14.5 Å². The standard InChI is InChI=1S/C18H18Cl2FN3O2/c1-24(11-18(26)23-15-6-4-14(21)5-7-15)10-17(25)22-9-12-2-3-13(19)8-16(12)20/h2-8H,9-11H2,1H3,(H,22,25)(H,23,26). The predicted molar refractivity (Wildman–Crippen MR) is 101 cm³/mol. The summed E-state index contributed by atoms with van der Waals surface area (Å²) in [4.78, 5) is 25.5. The number of carbonyl (C=O) groups excluding carboxylic acids is 2. The van der Waals surface area contributed by atoms with Crippen LogP contribution < -0.4 is 10.6 Å². The number of nitrogens with one attached hydrogen (secondary N) is 2. The fourth-order valence-corrected chi connectivity index (χ4v) is 2.67. The molecular formula is C18H18Cl2FN3O2. The van der Waals surface area contributed by atoms with Gasteiger partial charge in [0.05, 0.1) is 13.1 Å². The minimum absolute atomic E-state index is 0.0203. The van der Waals surface area contributed by atoms with E-state index in [0.29, 0.717) is 15.7 Å². The second-order valence-corrected chi connectivity index (χ2v) is 6.58. The SMILES string of the molecule is CN(CC(=O)NCc1ccc(Cl)cc1Cl)CC(=O)Nc1ccc(F)cc1. The number of hydrogen-bond acceptors (Lipinski definition) is 3. The molecule has 2 N–H and O–H groups in total. The summed E-state index contributed by atoms with van der Waals surface area (Å²) in [6.07, 6.45) is 0. The number of likely N-dealkylation sites (N-methyl/N-ethyl adjacent to an activating group) is 1. The van der Waals surface area contributed by atoms with Gasteiger partial charge in [-0.1, -0.05) is 29.3 Å². The minimum Gasteiger partial charge on any atom is -0.351 e. The average molecular weight is 398 g/mol. The van der Waals surface area contributed by atoms with Crippen LogP contribution in [0.15, 0.2) is 42.5 Å². The number of amides is 2. The van der Waals surface area contributed by atoms with E-state index in [0.717, 1.165) is 5.56 Å². The van der Waals surface area contributed by atoms with E-state index < -0.39 is 0 Å². The summed E-state index contributed by atoms with van der Waals surface area (Å²) in [5.41, 5.74) is 1.24. The Kier molecular flexibility index (Phi) is 7.38. The van der Waals surface area contributed by atoms with Crippen LogP contribution in [0.1, 0.15) is 5.56 Å². The lowest BCUT2D eigenvalue weighted by Gasteiger charge is -2.16. The predicted octanol–water partition coefficient (Wildman–Crippen LogP) is 3.32. The van der Waals surface area contributed by atoms with Crippen LogP contribution in [0.25, 0.3) is 0 Å². The molecule has 8 heteroatoms. The Morgan fingerprint density at radius 2 is 1.69 bits per heavy atom. The molecule has 0 aliphatic carbocycles. The van der Waals surface area contributed by atoms with Gasteiger partial charge in [-0.05, 0) is 49.0 Å². The topological polar surface area (TPSA) is 61.4 Å². The first-order chi connectivity index (χ1) is 12.3. The van der Waals surface area contributed by atoms with E-state index in [1.165, 1.54) is 24.3 Å². The molecular weight excluding hydrogens is 380 g/mol. The van der Waals surface area contributed by atoms with Crippen LogP contribution >= 0.6 is 23.2 Å². The van der Waals surface area contributed by atoms with E-state index >= 15 is 0 Å². The second kappa shape index (κ2) is 9.52. The molecule has 138 valence electrons. The van der Waals surface area contributed by atoms with Crippen LogP contribution in [-0.4, -0.2) is 36.9 Å². The van der Waals surface area contributed by atoms with Gasteiger partial charge in [-0.25, -0.2) is 4.39 Å². The zero-order valence-electron chi connectivity index (χ0n) is 14.1. The van der Waals surface area contributed by atoms with E-state index in [1.54, 1.807) is 30.1 Å². The highest BCUT2D eigenvalue weighted by Gasteiger charge is 2.11. The average Bonchev–Trinajstić information content (AvgIpc) is 2.56. The maximum Gasteiger partial charge on any atom is 0.238 e. The molecule has 0 aliphatic heterocycles. The van der Waals surface area contributed by atoms with Crippen molar-refractivity contribution in [2.45, 2.75) is 6.54 Å². The van der Waals surface area contributed by atoms with Gasteiger partial charge in [0.1, 0.15) is 5.82 Å². The van der Waals surface area contributed by atoms with Crippen LogP contribution in [0, 0.1) is 5.82 Å². The van der Waals surface area contributed by atoms with Gasteiger partial charge in [0.15, 0.2) is 0 Å². The van der Waals surface area contributed by atoms with Crippen molar-refractivity contribution >= 4 is 40.7 Å². The van der Waals surface area contributed by atoms with Crippen molar-refractivity contribution in [3.63, 3.8) is 0 Å². The molecule has 0 saturated carbocycles. The Labute approximate surface area is 161 Å². The highest BCUT2D eigenvalue weighted by molar-refractivity contribution is 6.35. The van der Waals surface area contributed by atoms with E-state index in [9.17, 15) is 14.0 Å². The number of anilines is 1. The summed E-state index contributed by atoms with van der Waals surface area (Å²) < 4.78 is 12.8. The molecule has 2 aromatic rings. The van der Waals surface area contributed by atoms with E-state index in [1.807, 2.05) is 0 Å². The Morgan fingerprint density at radius 3 is 2.35 bits per heavy atom. The zero-order chi connectivity index (χ0) is 19.1. The Hall–Kier alpha value is -2.15. The molecule has 0 bridgehead atoms. The summed E-state index contributed by atoms with van der Waals surface area (Å²) in [6.45, 7) is 0.332. The first-order valence-corrected chi connectivity index (χ1v) is 8.53. The van der Waals surface area contributed by atoms with Gasteiger partial charge in [-0.15, -0.1) is 0 Å². The smallest absolute Gasteiger partial charge is 0.238 e. The molecule has 0 aliphatic rings. The van der Waals surface area contributed by atoms with Crippen LogP contribution in [0.4, 0.5) is 10.1 Å². The molecule has 0 unspecified atom stereocenters. The van der Waals surface area contributed by atoms with Crippen LogP contribution in [0.3, 0.4) is 0 Å². The molecule has 0 fully saturated rings. The third-order valence-electron chi connectivity index (χ3n) is 3.45. The number of benzene rings is 2. The number of nitrogens with zero attached hydrogens (tertiary/aromatic N) is 1. The summed E-state index contributed by atoms with van der Waals surface area (Å²) >= 11 is 11.9. The number of rotatable bonds is 7. The molecule has 5 nitrogen and oxygen atoms in total. The Morgan fingerprint density at radius 1 is 1.04 bits per heavy atom. The molecule has 2 aromatic carbocycles. The van der Waals surface area contributed by atoms with Crippen LogP contribution in [-0.2, 0) is 16.1 Å². The summed E-state index contributed by atoms with van der Waals surface area (Å²) in [5, 5.41) is 6.37. The van der Waals surface area contributed by atoms with Gasteiger partial charge in [0.2, 0.25) is 11.8 Å². The summed E-state index contributed by atoms with van der Waals surface area (Å²) in [7, 11) is 1.65. The van der Waals surface area contributed by atoms with Crippen LogP contribution in [0.5, 0.6) is 0 Å². The lowest BCUT2D eigenvalue weighted by Crippen LogP contribution is -2.38. The number of hydrogen-bond donors (Lipinski definition) is 2. The van der Waals surface area contributed by atoms with Crippen molar-refractivity contribution in [1.29, 1.82) is 0 Å². The first-order valence-electron chi connectivity index (χ1n) is 7.78. The molecule has 2 rings (SSSR count). The molecule has 0 spiro atoms. The molecule has 0 atom stereocenters. The van der Waals surface area contributed by atoms with Crippen molar-refractivity contribution in [2.24, 2.45) is 0 Å². The first kappa shape index (κ1) is 20.2. The molecule has 26 heavy (non-hydrogen) atoms. The van der Waals surface area contributed by atoms with Gasteiger partial charge >= 0.3 is 0 Å². The van der Waals surface area contributed by atoms with E-state index in [2.05, 4.69) is 10.6 Å². The molecule has 2 amide bonds. The normalized spacial score (nSPS) is 10.7. The van der Waals surface area contributed by atoms with Gasteiger partial charge < -0.3 is 10.6 Å². The van der Waals surface area contributed by atoms with Crippen molar-refractivity contribution in [2.75, 3.05) is 25.5 Å². The lowest BCUT2D eigenvalue weighted by atomic mass is 10.2. The minimum atomic E-state index is -0.377. The molecule has 0 radical (unpaired) electrons. The Balaban J connectivity index is 1.75. The summed E-state index contributed by atoms with van der Waals surface area (Å²) in [5.74, 6) is -0.918. The largest absolute Gasteiger partial charge is 0.351 e. The zero-order valence-corrected chi connectivity index (χ0v) is 15.6. The third kappa shape index (κ3) is 6.63. The van der Waals surface area contributed by atoms with Crippen molar-refractivity contribution < 1.29 is 14.0 Å². The van der Waals surface area contributed by atoms with Crippen molar-refractivity contribution in [3.8, 4) is 0 Å². The lowest BCUT2D eigenvalue weighted by molar-refractivity contribution is -0.123. The Bertz CT molecular complexity index is 785. The molecule has 0 saturated heterocycles. The van der Waals surface area contributed by atoms with Gasteiger partial charge in [-0.2, -0.15) is 0 Å². The molecule has 0 heterocycles. The fourth-order valence-electron chi connectivity index (χ4n) is 2.19. The fraction of sp³-hybridized carbons (Fsp3) is 0.222. The third-order valence-corrected chi connectivity index (χ3v) is 4.03. The highest BCUT2D eigenvalue weighted by atomic mass is 35.5. The van der Waals surface area contributed by atoms with Gasteiger partial charge in [0.25, 0.3) is 0 Å². The highest BCUT2D eigenvalue weighted by Crippen LogP contribution is 2.20.